The Kier molecular flexibility index (Phi) is 9.57. The van der Waals surface area contributed by atoms with Crippen molar-refractivity contribution >= 4 is 44.6 Å². The van der Waals surface area contributed by atoms with E-state index in [0.717, 1.165) is 17.0 Å². The van der Waals surface area contributed by atoms with Crippen LogP contribution in [-0.4, -0.2) is 93.9 Å². The number of fused-ring (bicyclic) bond motifs is 2. The second kappa shape index (κ2) is 13.6. The van der Waals surface area contributed by atoms with Gasteiger partial charge in [0.05, 0.1) is 30.1 Å². The third kappa shape index (κ3) is 7.14. The highest BCUT2D eigenvalue weighted by atomic mass is 32.2. The number of hydrogen-bond donors (Lipinski definition) is 1. The summed E-state index contributed by atoms with van der Waals surface area (Å²) >= 11 is 0. The number of anilines is 1. The quantitative estimate of drug-likeness (QED) is 0.225. The van der Waals surface area contributed by atoms with Crippen LogP contribution in [0.2, 0.25) is 0 Å². The lowest BCUT2D eigenvalue weighted by Crippen LogP contribution is -2.43. The highest BCUT2D eigenvalue weighted by Gasteiger charge is 2.46. The first kappa shape index (κ1) is 35.8. The Balaban J connectivity index is 0.00000523. The summed E-state index contributed by atoms with van der Waals surface area (Å²) in [6, 6.07) is 14.9. The fourth-order valence-corrected chi connectivity index (χ4v) is 7.85. The zero-order valence-electron chi connectivity index (χ0n) is 29.0. The summed E-state index contributed by atoms with van der Waals surface area (Å²) in [7, 11) is -2.57. The van der Waals surface area contributed by atoms with Crippen LogP contribution in [0.25, 0.3) is 33.4 Å². The Labute approximate surface area is 296 Å². The van der Waals surface area contributed by atoms with Crippen molar-refractivity contribution in [1.82, 2.24) is 15.1 Å². The van der Waals surface area contributed by atoms with Crippen LogP contribution in [0.5, 0.6) is 0 Å². The fourth-order valence-electron chi connectivity index (χ4n) is 6.94. The minimum Gasteiger partial charge on any atom is -0.455 e. The minimum absolute atomic E-state index is 0. The fraction of sp³-hybridized carbons (Fsp3) is 0.378. The molecule has 1 N–H and O–H groups in total. The molecule has 0 saturated carbocycles. The molecule has 2 aliphatic heterocycles. The number of ether oxygens (including phenoxy) is 1. The summed E-state index contributed by atoms with van der Waals surface area (Å²) in [5, 5.41) is 2.93. The maximum absolute atomic E-state index is 14.0. The van der Waals surface area contributed by atoms with E-state index in [0.29, 0.717) is 47.3 Å². The standard InChI is InChI=1S/C37H40F2N4O7S.H2/c1-37(2,3)50-36(46)42-15-13-25-20-41(21-30(25)42)35(45)24-8-6-7-23(17-24)27-18-28-31(19-29(27)43(16-14-38)51(5,47)48)49-33(32(28)34(44)40-4)22-9-11-26(39)12-10-22;/h6-12,17-19,25,30H,13-16,20-21H2,1-5H3,(H,40,44);1H. The molecule has 4 aromatic rings. The van der Waals surface area contributed by atoms with Gasteiger partial charge in [-0.25, -0.2) is 22.0 Å². The smallest absolute Gasteiger partial charge is 0.410 e. The van der Waals surface area contributed by atoms with Crippen molar-refractivity contribution in [2.45, 2.75) is 38.8 Å². The summed E-state index contributed by atoms with van der Waals surface area (Å²) in [6.07, 6.45) is 1.30. The number of alkyl halides is 1. The molecule has 1 aromatic heterocycles. The van der Waals surface area contributed by atoms with Gasteiger partial charge in [-0.15, -0.1) is 0 Å². The number of benzene rings is 3. The van der Waals surface area contributed by atoms with Crippen LogP contribution in [0.4, 0.5) is 19.3 Å². The number of nitrogens with zero attached hydrogens (tertiary/aromatic N) is 3. The van der Waals surface area contributed by atoms with Crippen LogP contribution in [-0.2, 0) is 14.8 Å². The zero-order valence-corrected chi connectivity index (χ0v) is 29.9. The van der Waals surface area contributed by atoms with Crippen molar-refractivity contribution < 1.29 is 42.2 Å². The number of halogens is 2. The van der Waals surface area contributed by atoms with Gasteiger partial charge in [0.15, 0.2) is 0 Å². The van der Waals surface area contributed by atoms with Crippen molar-refractivity contribution in [3.8, 4) is 22.5 Å². The number of nitrogens with one attached hydrogen (secondary N) is 1. The number of likely N-dealkylation sites (tertiary alicyclic amines) is 2. The predicted molar refractivity (Wildman–Crippen MR) is 191 cm³/mol. The molecule has 3 heterocycles. The first-order valence-electron chi connectivity index (χ1n) is 16.6. The summed E-state index contributed by atoms with van der Waals surface area (Å²) in [5.74, 6) is -1.02. The molecule has 0 aliphatic carbocycles. The van der Waals surface area contributed by atoms with Gasteiger partial charge in [-0.3, -0.25) is 13.9 Å². The molecule has 2 unspecified atom stereocenters. The third-order valence-electron chi connectivity index (χ3n) is 9.21. The molecule has 6 rings (SSSR count). The molecule has 11 nitrogen and oxygen atoms in total. The molecule has 0 spiro atoms. The number of rotatable bonds is 8. The average molecular weight is 725 g/mol. The summed E-state index contributed by atoms with van der Waals surface area (Å²) in [6.45, 7) is 5.29. The number of furan rings is 1. The maximum atomic E-state index is 14.0. The maximum Gasteiger partial charge on any atom is 0.410 e. The van der Waals surface area contributed by atoms with Crippen molar-refractivity contribution in [3.63, 3.8) is 0 Å². The topological polar surface area (TPSA) is 129 Å². The monoisotopic (exact) mass is 724 g/mol. The molecular formula is C37H42F2N4O7S. The number of amides is 3. The number of carbonyl (C=O) groups is 3. The Morgan fingerprint density at radius 3 is 2.43 bits per heavy atom. The van der Waals surface area contributed by atoms with E-state index in [1.807, 2.05) is 20.8 Å². The van der Waals surface area contributed by atoms with Crippen LogP contribution < -0.4 is 9.62 Å². The van der Waals surface area contributed by atoms with Crippen molar-refractivity contribution in [1.29, 1.82) is 0 Å². The van der Waals surface area contributed by atoms with Crippen LogP contribution in [0, 0.1) is 11.7 Å². The molecule has 2 saturated heterocycles. The van der Waals surface area contributed by atoms with Gasteiger partial charge < -0.3 is 24.3 Å². The highest BCUT2D eigenvalue weighted by molar-refractivity contribution is 7.92. The van der Waals surface area contributed by atoms with E-state index in [-0.39, 0.29) is 41.9 Å². The number of carbonyl (C=O) groups excluding carboxylic acids is 3. The molecule has 3 amide bonds. The van der Waals surface area contributed by atoms with Crippen LogP contribution in [0.15, 0.2) is 65.1 Å². The van der Waals surface area contributed by atoms with E-state index in [1.165, 1.54) is 37.4 Å². The van der Waals surface area contributed by atoms with Crippen molar-refractivity contribution in [2.75, 3.05) is 50.5 Å². The van der Waals surface area contributed by atoms with Crippen molar-refractivity contribution in [3.05, 3.63) is 77.6 Å². The number of hydrogen-bond acceptors (Lipinski definition) is 7. The summed E-state index contributed by atoms with van der Waals surface area (Å²) in [5.41, 5.74) is 1.19. The van der Waals surface area contributed by atoms with Gasteiger partial charge in [0.25, 0.3) is 11.8 Å². The minimum atomic E-state index is -4.02. The van der Waals surface area contributed by atoms with Crippen LogP contribution in [0.3, 0.4) is 0 Å². The molecule has 2 aliphatic rings. The van der Waals surface area contributed by atoms with Gasteiger partial charge in [0.1, 0.15) is 29.4 Å². The highest BCUT2D eigenvalue weighted by Crippen LogP contribution is 2.42. The number of sulfonamides is 1. The van der Waals surface area contributed by atoms with Crippen molar-refractivity contribution in [2.24, 2.45) is 5.92 Å². The second-order valence-electron chi connectivity index (χ2n) is 13.9. The van der Waals surface area contributed by atoms with Crippen LogP contribution in [0.1, 0.15) is 49.3 Å². The first-order chi connectivity index (χ1) is 24.1. The SMILES string of the molecule is CNC(=O)c1c(-c2ccc(F)cc2)oc2cc(N(CCF)S(C)(=O)=O)c(-c3cccc(C(=O)N4CC5CCN(C(=O)OC(C)(C)C)C5C4)c3)cc12.[HH]. The molecule has 2 fully saturated rings. The normalized spacial score (nSPS) is 17.5. The van der Waals surface area contributed by atoms with Gasteiger partial charge >= 0.3 is 6.09 Å². The average Bonchev–Trinajstić information content (AvgIpc) is 3.78. The largest absolute Gasteiger partial charge is 0.455 e. The molecular weight excluding hydrogens is 682 g/mol. The van der Waals surface area contributed by atoms with Gasteiger partial charge in [-0.05, 0) is 75.2 Å². The van der Waals surface area contributed by atoms with Gasteiger partial charge in [-0.1, -0.05) is 12.1 Å². The predicted octanol–water partition coefficient (Wildman–Crippen LogP) is 6.33. The van der Waals surface area contributed by atoms with E-state index < -0.39 is 46.7 Å². The lowest BCUT2D eigenvalue weighted by Gasteiger charge is -2.28. The Morgan fingerprint density at radius 2 is 1.78 bits per heavy atom. The molecule has 14 heteroatoms. The Hall–Kier alpha value is -4.98. The molecule has 2 atom stereocenters. The Bertz CT molecular complexity index is 2120. The molecule has 51 heavy (non-hydrogen) atoms. The third-order valence-corrected chi connectivity index (χ3v) is 10.4. The lowest BCUT2D eigenvalue weighted by atomic mass is 9.97. The van der Waals surface area contributed by atoms with E-state index >= 15 is 0 Å². The summed E-state index contributed by atoms with van der Waals surface area (Å²) in [4.78, 5) is 43.6. The lowest BCUT2D eigenvalue weighted by molar-refractivity contribution is 0.0215. The summed E-state index contributed by atoms with van der Waals surface area (Å²) < 4.78 is 66.4. The van der Waals surface area contributed by atoms with E-state index in [1.54, 1.807) is 40.1 Å². The molecule has 0 bridgehead atoms. The van der Waals surface area contributed by atoms with Gasteiger partial charge in [-0.2, -0.15) is 0 Å². The van der Waals surface area contributed by atoms with Gasteiger partial charge in [0, 0.05) is 62.2 Å². The molecule has 272 valence electrons. The van der Waals surface area contributed by atoms with Crippen LogP contribution >= 0.6 is 0 Å². The zero-order chi connectivity index (χ0) is 36.8. The van der Waals surface area contributed by atoms with Gasteiger partial charge in [0.2, 0.25) is 10.0 Å². The molecule has 3 aromatic carbocycles. The first-order valence-corrected chi connectivity index (χ1v) is 18.5. The van der Waals surface area contributed by atoms with E-state index in [4.69, 9.17) is 9.15 Å². The molecule has 0 radical (unpaired) electrons. The van der Waals surface area contributed by atoms with E-state index in [2.05, 4.69) is 5.32 Å². The Morgan fingerprint density at radius 1 is 1.06 bits per heavy atom. The van der Waals surface area contributed by atoms with E-state index in [9.17, 15) is 31.6 Å². The second-order valence-corrected chi connectivity index (χ2v) is 15.8.